The number of benzene rings is 2. The number of hydrogen-bond acceptors (Lipinski definition) is 8. The largest absolute Gasteiger partial charge is 0.386 e. The highest BCUT2D eigenvalue weighted by molar-refractivity contribution is 6.30. The summed E-state index contributed by atoms with van der Waals surface area (Å²) in [5.41, 5.74) is 2.39. The molecule has 0 spiro atoms. The summed E-state index contributed by atoms with van der Waals surface area (Å²) in [7, 11) is 0. The van der Waals surface area contributed by atoms with E-state index in [2.05, 4.69) is 35.7 Å². The highest BCUT2D eigenvalue weighted by atomic mass is 35.5. The Kier molecular flexibility index (Phi) is 6.77. The van der Waals surface area contributed by atoms with Gasteiger partial charge in [0.25, 0.3) is 0 Å². The molecule has 1 unspecified atom stereocenters. The monoisotopic (exact) mass is 564 g/mol. The van der Waals surface area contributed by atoms with Crippen molar-refractivity contribution < 1.29 is 5.11 Å². The fourth-order valence-corrected chi connectivity index (χ4v) is 6.19. The molecule has 3 heterocycles. The fraction of sp³-hybridized carbons (Fsp3) is 0.429. The van der Waals surface area contributed by atoms with Gasteiger partial charge in [-0.05, 0) is 59.9 Å². The van der Waals surface area contributed by atoms with Gasteiger partial charge in [-0.2, -0.15) is 20.4 Å². The number of aliphatic hydroxyl groups is 1. The van der Waals surface area contributed by atoms with Crippen molar-refractivity contribution in [2.75, 3.05) is 5.01 Å². The van der Waals surface area contributed by atoms with E-state index in [0.717, 1.165) is 16.3 Å². The molecule has 11 heteroatoms. The van der Waals surface area contributed by atoms with E-state index >= 15 is 0 Å². The van der Waals surface area contributed by atoms with Crippen LogP contribution in [0.3, 0.4) is 0 Å². The van der Waals surface area contributed by atoms with Gasteiger partial charge in [0, 0.05) is 21.9 Å². The van der Waals surface area contributed by atoms with Crippen molar-refractivity contribution in [3.8, 4) is 0 Å². The normalized spacial score (nSPS) is 29.0. The summed E-state index contributed by atoms with van der Waals surface area (Å²) in [4.78, 5) is 3.94. The molecule has 39 heavy (non-hydrogen) atoms. The van der Waals surface area contributed by atoms with Crippen LogP contribution < -0.4 is 5.01 Å². The zero-order valence-electron chi connectivity index (χ0n) is 21.9. The average molecular weight is 566 g/mol. The Labute approximate surface area is 237 Å². The molecule has 2 aromatic carbocycles. The molecule has 202 valence electrons. The molecule has 2 saturated carbocycles. The second kappa shape index (κ2) is 10.1. The van der Waals surface area contributed by atoms with Crippen LogP contribution in [0.4, 0.5) is 5.69 Å². The lowest BCUT2D eigenvalue weighted by Gasteiger charge is -2.38. The Morgan fingerprint density at radius 2 is 1.56 bits per heavy atom. The second-order valence-electron chi connectivity index (χ2n) is 11.5. The molecule has 2 aliphatic heterocycles. The molecule has 7 rings (SSSR count). The van der Waals surface area contributed by atoms with Crippen molar-refractivity contribution in [2.45, 2.75) is 57.5 Å². The number of aliphatic hydroxyl groups excluding tert-OH is 1. The van der Waals surface area contributed by atoms with Crippen LogP contribution in [-0.4, -0.2) is 50.1 Å². The Morgan fingerprint density at radius 3 is 2.15 bits per heavy atom. The van der Waals surface area contributed by atoms with E-state index in [-0.39, 0.29) is 5.41 Å². The molecule has 2 fully saturated rings. The topological polar surface area (TPSA) is 104 Å². The van der Waals surface area contributed by atoms with Crippen molar-refractivity contribution in [2.24, 2.45) is 37.8 Å². The lowest BCUT2D eigenvalue weighted by atomic mass is 9.82. The van der Waals surface area contributed by atoms with E-state index < -0.39 is 6.10 Å². The van der Waals surface area contributed by atoms with Crippen molar-refractivity contribution in [1.29, 1.82) is 0 Å². The first-order valence-corrected chi connectivity index (χ1v) is 13.8. The molecular weight excluding hydrogens is 535 g/mol. The van der Waals surface area contributed by atoms with E-state index in [4.69, 9.17) is 23.2 Å². The van der Waals surface area contributed by atoms with Gasteiger partial charge in [-0.15, -0.1) is 0 Å². The molecule has 4 aliphatic rings. The Bertz CT molecular complexity index is 1400. The van der Waals surface area contributed by atoms with Gasteiger partial charge >= 0.3 is 0 Å². The number of aromatic nitrogens is 3. The smallest absolute Gasteiger partial charge is 0.138 e. The summed E-state index contributed by atoms with van der Waals surface area (Å²) in [6, 6.07) is 16.8. The summed E-state index contributed by atoms with van der Waals surface area (Å²) < 4.78 is 1.59. The fourth-order valence-electron chi connectivity index (χ4n) is 5.94. The molecule has 0 amide bonds. The third-order valence-corrected chi connectivity index (χ3v) is 8.46. The van der Waals surface area contributed by atoms with Crippen LogP contribution in [0.25, 0.3) is 11.8 Å². The third-order valence-electron chi connectivity index (χ3n) is 7.96. The molecule has 2 bridgehead atoms. The van der Waals surface area contributed by atoms with Gasteiger partial charge in [-0.1, -0.05) is 61.3 Å². The van der Waals surface area contributed by atoms with Crippen LogP contribution in [0.2, 0.25) is 10.0 Å². The van der Waals surface area contributed by atoms with E-state index in [9.17, 15) is 5.11 Å². The van der Waals surface area contributed by atoms with Crippen LogP contribution >= 0.6 is 23.2 Å². The SMILES string of the molecule is CC(C)(C)C(O)/C(=C\c1ccc(Cl)cc1)n1cncn1.Clc1ccc(N2N=N[C@@H]3[C@@H]4C[C@@H]([C@H]5N=N[C@@H]45)[C@@H]32)cc1. The summed E-state index contributed by atoms with van der Waals surface area (Å²) in [5, 5.41) is 35.6. The molecule has 7 atom stereocenters. The van der Waals surface area contributed by atoms with Gasteiger partial charge in [-0.25, -0.2) is 14.7 Å². The van der Waals surface area contributed by atoms with Gasteiger partial charge in [0.05, 0.1) is 17.4 Å². The van der Waals surface area contributed by atoms with Crippen molar-refractivity contribution >= 4 is 40.7 Å². The first kappa shape index (κ1) is 26.1. The Hall–Kier alpha value is -3.14. The molecule has 1 aromatic heterocycles. The van der Waals surface area contributed by atoms with Crippen molar-refractivity contribution in [3.63, 3.8) is 0 Å². The van der Waals surface area contributed by atoms with E-state index in [1.165, 1.54) is 12.7 Å². The minimum Gasteiger partial charge on any atom is -0.386 e. The minimum absolute atomic E-state index is 0.301. The Balaban J connectivity index is 0.000000142. The maximum Gasteiger partial charge on any atom is 0.138 e. The highest BCUT2D eigenvalue weighted by Crippen LogP contribution is 2.56. The number of azo groups is 1. The number of nitrogens with zero attached hydrogens (tertiary/aromatic N) is 8. The molecular formula is C28H30Cl2N8O. The quantitative estimate of drug-likeness (QED) is 0.393. The van der Waals surface area contributed by atoms with Gasteiger partial charge in [0.2, 0.25) is 0 Å². The van der Waals surface area contributed by atoms with Gasteiger partial charge in [0.15, 0.2) is 0 Å². The average Bonchev–Trinajstić information content (AvgIpc) is 3.66. The lowest BCUT2D eigenvalue weighted by molar-refractivity contribution is 0.109. The van der Waals surface area contributed by atoms with Crippen LogP contribution in [0, 0.1) is 17.3 Å². The minimum atomic E-state index is -0.667. The Morgan fingerprint density at radius 1 is 0.923 bits per heavy atom. The third kappa shape index (κ3) is 4.88. The first-order chi connectivity index (χ1) is 18.7. The molecule has 0 radical (unpaired) electrons. The summed E-state index contributed by atoms with van der Waals surface area (Å²) in [5.74, 6) is 1.11. The number of anilines is 1. The maximum absolute atomic E-state index is 10.6. The van der Waals surface area contributed by atoms with Crippen LogP contribution in [0.15, 0.2) is 81.8 Å². The standard InChI is InChI=1S/C15H18ClN3O.C13H12ClN5/c1-15(2,3)14(20)13(19-10-17-9-18-19)8-11-4-6-12(16)7-5-11;14-6-1-3-7(4-2-6)19-13-9-5-8(12(13)17-18-19)10-11(9)16-15-10/h4-10,14,20H,1-3H3;1-4,8-13H,5H2/b13-8+;/t;8-,9+,10+,11-,12-,13+/m.1/s1. The highest BCUT2D eigenvalue weighted by Gasteiger charge is 2.65. The first-order valence-electron chi connectivity index (χ1n) is 13.1. The number of rotatable bonds is 4. The molecule has 1 N–H and O–H groups in total. The number of halogens is 2. The zero-order chi connectivity index (χ0) is 27.3. The molecule has 2 aliphatic carbocycles. The number of hydrogen-bond donors (Lipinski definition) is 1. The van der Waals surface area contributed by atoms with E-state index in [0.29, 0.717) is 46.7 Å². The molecule has 9 nitrogen and oxygen atoms in total. The van der Waals surface area contributed by atoms with E-state index in [1.807, 2.05) is 75.4 Å². The predicted octanol–water partition coefficient (Wildman–Crippen LogP) is 6.45. The molecule has 3 aromatic rings. The summed E-state index contributed by atoms with van der Waals surface area (Å²) >= 11 is 11.8. The summed E-state index contributed by atoms with van der Waals surface area (Å²) in [6.45, 7) is 5.93. The van der Waals surface area contributed by atoms with Crippen molar-refractivity contribution in [3.05, 3.63) is 76.8 Å². The van der Waals surface area contributed by atoms with Gasteiger partial charge in [0.1, 0.15) is 36.9 Å². The second-order valence-corrected chi connectivity index (χ2v) is 12.4. The van der Waals surface area contributed by atoms with Crippen LogP contribution in [0.1, 0.15) is 32.8 Å². The lowest BCUT2D eigenvalue weighted by Crippen LogP contribution is -2.52. The summed E-state index contributed by atoms with van der Waals surface area (Å²) in [6.07, 6.45) is 5.45. The van der Waals surface area contributed by atoms with E-state index in [1.54, 1.807) is 11.0 Å². The van der Waals surface area contributed by atoms with Gasteiger partial charge in [-0.3, -0.25) is 0 Å². The zero-order valence-corrected chi connectivity index (χ0v) is 23.4. The predicted molar refractivity (Wildman–Crippen MR) is 151 cm³/mol. The van der Waals surface area contributed by atoms with Crippen LogP contribution in [-0.2, 0) is 0 Å². The van der Waals surface area contributed by atoms with Gasteiger partial charge < -0.3 is 5.11 Å². The maximum atomic E-state index is 10.6. The van der Waals surface area contributed by atoms with Crippen LogP contribution in [0.5, 0.6) is 0 Å². The molecule has 0 saturated heterocycles. The number of fused-ring (bicyclic) bond motifs is 8. The van der Waals surface area contributed by atoms with Crippen molar-refractivity contribution in [1.82, 2.24) is 14.8 Å².